The van der Waals surface area contributed by atoms with Gasteiger partial charge in [0.15, 0.2) is 0 Å². The molecule has 1 aromatic rings. The van der Waals surface area contributed by atoms with Gasteiger partial charge in [0.25, 0.3) is 0 Å². The van der Waals surface area contributed by atoms with Gasteiger partial charge >= 0.3 is 6.09 Å². The van der Waals surface area contributed by atoms with Crippen LogP contribution in [-0.4, -0.2) is 52.1 Å². The maximum Gasteiger partial charge on any atom is 0.408 e. The molecule has 2 rings (SSSR count). The first-order valence-corrected chi connectivity index (χ1v) is 13.3. The fourth-order valence-corrected chi connectivity index (χ4v) is 4.48. The summed E-state index contributed by atoms with van der Waals surface area (Å²) in [7, 11) is 0. The Labute approximate surface area is 216 Å². The van der Waals surface area contributed by atoms with Gasteiger partial charge in [0.05, 0.1) is 0 Å². The number of rotatable bonds is 10. The number of alkyl carbamates (subject to hydrolysis) is 1. The molecule has 0 heterocycles. The van der Waals surface area contributed by atoms with Gasteiger partial charge in [-0.25, -0.2) is 4.79 Å². The van der Waals surface area contributed by atoms with Crippen molar-refractivity contribution < 1.29 is 24.2 Å². The molecular weight excluding hydrogens is 458 g/mol. The lowest BCUT2D eigenvalue weighted by atomic mass is 9.94. The van der Waals surface area contributed by atoms with E-state index in [2.05, 4.69) is 10.6 Å². The van der Waals surface area contributed by atoms with E-state index in [1.54, 1.807) is 37.8 Å². The smallest absolute Gasteiger partial charge is 0.408 e. The summed E-state index contributed by atoms with van der Waals surface area (Å²) in [5, 5.41) is 15.8. The van der Waals surface area contributed by atoms with Crippen LogP contribution < -0.4 is 10.6 Å². The van der Waals surface area contributed by atoms with Crippen LogP contribution in [0.4, 0.5) is 4.79 Å². The Morgan fingerprint density at radius 1 is 1.08 bits per heavy atom. The second-order valence-electron chi connectivity index (χ2n) is 11.1. The quantitative estimate of drug-likeness (QED) is 0.414. The highest BCUT2D eigenvalue weighted by atomic mass is 16.6. The number of phenols is 1. The highest BCUT2D eigenvalue weighted by molar-refractivity contribution is 5.92. The maximum absolute atomic E-state index is 14.0. The second-order valence-corrected chi connectivity index (χ2v) is 11.1. The number of phenolic OH excluding ortho intramolecular Hbond substituents is 1. The molecule has 0 aromatic heterocycles. The molecule has 0 bridgehead atoms. The number of nitrogens with one attached hydrogen (secondary N) is 2. The topological polar surface area (TPSA) is 108 Å². The van der Waals surface area contributed by atoms with Crippen LogP contribution in [0.15, 0.2) is 24.3 Å². The Morgan fingerprint density at radius 3 is 2.22 bits per heavy atom. The van der Waals surface area contributed by atoms with Crippen LogP contribution in [-0.2, 0) is 14.3 Å². The number of benzene rings is 1. The summed E-state index contributed by atoms with van der Waals surface area (Å²) >= 11 is 0. The van der Waals surface area contributed by atoms with Crippen LogP contribution in [0.25, 0.3) is 0 Å². The monoisotopic (exact) mass is 503 g/mol. The zero-order valence-corrected chi connectivity index (χ0v) is 22.8. The Balaban J connectivity index is 2.41. The van der Waals surface area contributed by atoms with Crippen molar-refractivity contribution in [3.63, 3.8) is 0 Å². The summed E-state index contributed by atoms with van der Waals surface area (Å²) in [6.45, 7) is 11.4. The summed E-state index contributed by atoms with van der Waals surface area (Å²) in [6, 6.07) is 4.74. The van der Waals surface area contributed by atoms with Crippen LogP contribution in [0.2, 0.25) is 0 Å². The number of nitrogens with zero attached hydrogens (tertiary/aromatic N) is 1. The normalized spacial score (nSPS) is 16.2. The molecule has 1 saturated carbocycles. The van der Waals surface area contributed by atoms with E-state index in [1.807, 2.05) is 20.8 Å². The number of hydrogen-bond acceptors (Lipinski definition) is 5. The van der Waals surface area contributed by atoms with E-state index in [9.17, 15) is 19.5 Å². The number of aromatic hydroxyl groups is 1. The molecule has 1 aromatic carbocycles. The van der Waals surface area contributed by atoms with E-state index in [0.29, 0.717) is 18.5 Å². The molecule has 36 heavy (non-hydrogen) atoms. The van der Waals surface area contributed by atoms with Gasteiger partial charge in [-0.2, -0.15) is 0 Å². The molecule has 2 atom stereocenters. The van der Waals surface area contributed by atoms with Crippen molar-refractivity contribution in [1.82, 2.24) is 15.5 Å². The molecular formula is C28H45N3O5. The van der Waals surface area contributed by atoms with Crippen LogP contribution in [0.3, 0.4) is 0 Å². The maximum atomic E-state index is 14.0. The zero-order chi connectivity index (χ0) is 26.9. The summed E-state index contributed by atoms with van der Waals surface area (Å²) < 4.78 is 5.41. The summed E-state index contributed by atoms with van der Waals surface area (Å²) in [6.07, 6.45) is 6.03. The molecule has 2 unspecified atom stereocenters. The lowest BCUT2D eigenvalue weighted by Crippen LogP contribution is -2.55. The van der Waals surface area contributed by atoms with E-state index in [4.69, 9.17) is 4.74 Å². The van der Waals surface area contributed by atoms with Crippen molar-refractivity contribution in [1.29, 1.82) is 0 Å². The molecule has 8 nitrogen and oxygen atoms in total. The Bertz CT molecular complexity index is 857. The average molecular weight is 504 g/mol. The van der Waals surface area contributed by atoms with Crippen LogP contribution in [0, 0.1) is 5.92 Å². The average Bonchev–Trinajstić information content (AvgIpc) is 2.80. The molecule has 0 radical (unpaired) electrons. The van der Waals surface area contributed by atoms with Gasteiger partial charge in [-0.05, 0) is 63.6 Å². The molecule has 202 valence electrons. The van der Waals surface area contributed by atoms with Crippen molar-refractivity contribution in [2.75, 3.05) is 6.54 Å². The van der Waals surface area contributed by atoms with Gasteiger partial charge in [-0.15, -0.1) is 0 Å². The van der Waals surface area contributed by atoms with Crippen molar-refractivity contribution in [3.8, 4) is 5.75 Å². The summed E-state index contributed by atoms with van der Waals surface area (Å²) in [5.74, 6) is -0.711. The van der Waals surface area contributed by atoms with Crippen molar-refractivity contribution in [3.05, 3.63) is 29.8 Å². The van der Waals surface area contributed by atoms with E-state index in [-0.39, 0.29) is 29.5 Å². The number of unbranched alkanes of at least 4 members (excludes halogenated alkanes) is 1. The van der Waals surface area contributed by atoms with E-state index in [0.717, 1.165) is 32.1 Å². The lowest BCUT2D eigenvalue weighted by molar-refractivity contribution is -0.143. The largest absolute Gasteiger partial charge is 0.508 e. The minimum Gasteiger partial charge on any atom is -0.508 e. The third-order valence-corrected chi connectivity index (χ3v) is 6.36. The third-order valence-electron chi connectivity index (χ3n) is 6.36. The molecule has 1 aliphatic carbocycles. The molecule has 8 heteroatoms. The molecule has 0 spiro atoms. The van der Waals surface area contributed by atoms with Gasteiger partial charge in [0, 0.05) is 12.6 Å². The Hall–Kier alpha value is -2.77. The van der Waals surface area contributed by atoms with Gasteiger partial charge in [-0.3, -0.25) is 9.59 Å². The van der Waals surface area contributed by atoms with Gasteiger partial charge in [0.2, 0.25) is 11.8 Å². The second kappa shape index (κ2) is 13.5. The van der Waals surface area contributed by atoms with Gasteiger partial charge in [-0.1, -0.05) is 58.6 Å². The highest BCUT2D eigenvalue weighted by Gasteiger charge is 2.37. The summed E-state index contributed by atoms with van der Waals surface area (Å²) in [4.78, 5) is 41.9. The van der Waals surface area contributed by atoms with Crippen LogP contribution >= 0.6 is 0 Å². The lowest BCUT2D eigenvalue weighted by Gasteiger charge is -2.36. The minimum atomic E-state index is -0.881. The fraction of sp³-hybridized carbons (Fsp3) is 0.679. The van der Waals surface area contributed by atoms with Crippen molar-refractivity contribution in [2.45, 2.75) is 110 Å². The first-order chi connectivity index (χ1) is 16.9. The number of ether oxygens (including phenoxy) is 1. The molecule has 3 N–H and O–H groups in total. The highest BCUT2D eigenvalue weighted by Crippen LogP contribution is 2.27. The standard InChI is InChI=1S/C28H45N3O5/c1-7-8-18-31(26(34)23(19(2)3)30-27(35)36-28(4,5)6)24(20-14-16-22(32)17-15-20)25(33)29-21-12-10-9-11-13-21/h14-17,19,21,23-24,32H,7-13,18H2,1-6H3,(H,29,33)(H,30,35). The SMILES string of the molecule is CCCCN(C(=O)C(NC(=O)OC(C)(C)C)C(C)C)C(C(=O)NC1CCCCC1)c1ccc(O)cc1. The number of amides is 3. The zero-order valence-electron chi connectivity index (χ0n) is 22.8. The predicted molar refractivity (Wildman–Crippen MR) is 140 cm³/mol. The van der Waals surface area contributed by atoms with E-state index < -0.39 is 23.8 Å². The fourth-order valence-electron chi connectivity index (χ4n) is 4.48. The third kappa shape index (κ3) is 9.03. The first kappa shape index (κ1) is 29.5. The van der Waals surface area contributed by atoms with E-state index >= 15 is 0 Å². The van der Waals surface area contributed by atoms with Crippen molar-refractivity contribution in [2.24, 2.45) is 5.92 Å². The number of hydrogen-bond donors (Lipinski definition) is 3. The molecule has 0 saturated heterocycles. The number of carbonyl (C=O) groups excluding carboxylic acids is 3. The van der Waals surface area contributed by atoms with Crippen LogP contribution in [0.5, 0.6) is 5.75 Å². The van der Waals surface area contributed by atoms with Crippen molar-refractivity contribution >= 4 is 17.9 Å². The summed E-state index contributed by atoms with van der Waals surface area (Å²) in [5.41, 5.74) is -0.0873. The molecule has 1 fully saturated rings. The first-order valence-electron chi connectivity index (χ1n) is 13.3. The van der Waals surface area contributed by atoms with Crippen LogP contribution in [0.1, 0.15) is 98.1 Å². The van der Waals surface area contributed by atoms with Gasteiger partial charge in [0.1, 0.15) is 23.4 Å². The van der Waals surface area contributed by atoms with E-state index in [1.165, 1.54) is 18.6 Å². The molecule has 1 aliphatic rings. The van der Waals surface area contributed by atoms with Gasteiger partial charge < -0.3 is 25.4 Å². The molecule has 3 amide bonds. The minimum absolute atomic E-state index is 0.0785. The molecule has 0 aliphatic heterocycles. The predicted octanol–water partition coefficient (Wildman–Crippen LogP) is 5.06. The number of carbonyl (C=O) groups is 3. The Morgan fingerprint density at radius 2 is 1.69 bits per heavy atom. The Kier molecular flexibility index (Phi) is 11.1.